The van der Waals surface area contributed by atoms with E-state index in [9.17, 15) is 0 Å². The number of para-hydroxylation sites is 1. The highest BCUT2D eigenvalue weighted by Crippen LogP contribution is 2.07. The van der Waals surface area contributed by atoms with Crippen LogP contribution in [-0.4, -0.2) is 45.5 Å². The Balaban J connectivity index is 0.00000180. The maximum Gasteiger partial charge on any atom is 0.119 e. The molecule has 2 rings (SSSR count). The zero-order valence-corrected chi connectivity index (χ0v) is 13.2. The summed E-state index contributed by atoms with van der Waals surface area (Å²) < 4.78 is 11.1. The molecule has 1 saturated heterocycles. The van der Waals surface area contributed by atoms with Gasteiger partial charge in [0.2, 0.25) is 0 Å². The molecule has 0 aliphatic carbocycles. The number of hydrogen-bond acceptors (Lipinski definition) is 4. The second-order valence-electron chi connectivity index (χ2n) is 4.42. The molecule has 1 fully saturated rings. The predicted octanol–water partition coefficient (Wildman–Crippen LogP) is 1.88. The van der Waals surface area contributed by atoms with Crippen LogP contribution in [0.25, 0.3) is 0 Å². The summed E-state index contributed by atoms with van der Waals surface area (Å²) in [5.41, 5.74) is 0. The van der Waals surface area contributed by atoms with Crippen molar-refractivity contribution in [2.24, 2.45) is 0 Å². The molecule has 0 spiro atoms. The first kappa shape index (κ1) is 19.5. The lowest BCUT2D eigenvalue weighted by Crippen LogP contribution is -2.48. The normalized spacial score (nSPS) is 17.7. The van der Waals surface area contributed by atoms with Crippen molar-refractivity contribution in [3.05, 3.63) is 30.3 Å². The van der Waals surface area contributed by atoms with E-state index in [1.54, 1.807) is 0 Å². The highest BCUT2D eigenvalue weighted by atomic mass is 35.5. The van der Waals surface area contributed by atoms with Gasteiger partial charge in [-0.05, 0) is 18.6 Å². The van der Waals surface area contributed by atoms with Crippen molar-refractivity contribution >= 4 is 24.8 Å². The summed E-state index contributed by atoms with van der Waals surface area (Å²) in [5.74, 6) is 0.902. The van der Waals surface area contributed by atoms with Crippen LogP contribution in [0.4, 0.5) is 0 Å². The SMILES string of the molecule is Cl.Cl.c1ccc(OCCOCCC2CNCCN2)cc1. The molecule has 116 valence electrons. The van der Waals surface area contributed by atoms with E-state index >= 15 is 0 Å². The van der Waals surface area contributed by atoms with Crippen molar-refractivity contribution in [1.82, 2.24) is 10.6 Å². The summed E-state index contributed by atoms with van der Waals surface area (Å²) >= 11 is 0. The molecule has 20 heavy (non-hydrogen) atoms. The van der Waals surface area contributed by atoms with Crippen LogP contribution < -0.4 is 15.4 Å². The minimum absolute atomic E-state index is 0. The van der Waals surface area contributed by atoms with Crippen LogP contribution in [0.5, 0.6) is 5.75 Å². The van der Waals surface area contributed by atoms with E-state index in [1.807, 2.05) is 30.3 Å². The lowest BCUT2D eigenvalue weighted by atomic mass is 10.2. The van der Waals surface area contributed by atoms with Crippen LogP contribution in [0.3, 0.4) is 0 Å². The molecule has 6 heteroatoms. The molecule has 1 unspecified atom stereocenters. The van der Waals surface area contributed by atoms with E-state index in [4.69, 9.17) is 9.47 Å². The summed E-state index contributed by atoms with van der Waals surface area (Å²) in [6.45, 7) is 5.22. The highest BCUT2D eigenvalue weighted by Gasteiger charge is 2.10. The summed E-state index contributed by atoms with van der Waals surface area (Å²) in [7, 11) is 0. The Bertz CT molecular complexity index is 322. The number of hydrogen-bond donors (Lipinski definition) is 2. The third-order valence-corrected chi connectivity index (χ3v) is 2.98. The molecule has 0 saturated carbocycles. The van der Waals surface area contributed by atoms with Crippen molar-refractivity contribution in [1.29, 1.82) is 0 Å². The summed E-state index contributed by atoms with van der Waals surface area (Å²) in [6, 6.07) is 10.4. The second-order valence-corrected chi connectivity index (χ2v) is 4.42. The summed E-state index contributed by atoms with van der Waals surface area (Å²) in [6.07, 6.45) is 1.05. The molecule has 0 radical (unpaired) electrons. The van der Waals surface area contributed by atoms with Crippen LogP contribution in [0.1, 0.15) is 6.42 Å². The molecular weight excluding hydrogens is 299 g/mol. The molecule has 0 amide bonds. The Morgan fingerprint density at radius 1 is 1.00 bits per heavy atom. The van der Waals surface area contributed by atoms with Gasteiger partial charge in [0.1, 0.15) is 12.4 Å². The van der Waals surface area contributed by atoms with Crippen LogP contribution in [0.2, 0.25) is 0 Å². The monoisotopic (exact) mass is 322 g/mol. The molecular formula is C14H24Cl2N2O2. The van der Waals surface area contributed by atoms with E-state index < -0.39 is 0 Å². The average molecular weight is 323 g/mol. The molecule has 0 bridgehead atoms. The van der Waals surface area contributed by atoms with Crippen molar-refractivity contribution in [2.45, 2.75) is 12.5 Å². The topological polar surface area (TPSA) is 42.5 Å². The molecule has 1 aliphatic rings. The maximum atomic E-state index is 5.57. The van der Waals surface area contributed by atoms with Gasteiger partial charge in [-0.3, -0.25) is 0 Å². The molecule has 1 aromatic rings. The van der Waals surface area contributed by atoms with Gasteiger partial charge < -0.3 is 20.1 Å². The number of piperazine rings is 1. The van der Waals surface area contributed by atoms with E-state index in [-0.39, 0.29) is 24.8 Å². The quantitative estimate of drug-likeness (QED) is 0.752. The Morgan fingerprint density at radius 2 is 1.80 bits per heavy atom. The third kappa shape index (κ3) is 7.92. The van der Waals surface area contributed by atoms with Crippen molar-refractivity contribution < 1.29 is 9.47 Å². The van der Waals surface area contributed by atoms with Gasteiger partial charge in [-0.2, -0.15) is 0 Å². The van der Waals surface area contributed by atoms with Gasteiger partial charge in [-0.15, -0.1) is 24.8 Å². The smallest absolute Gasteiger partial charge is 0.119 e. The van der Waals surface area contributed by atoms with Gasteiger partial charge >= 0.3 is 0 Å². The van der Waals surface area contributed by atoms with E-state index in [0.717, 1.165) is 38.4 Å². The molecule has 0 aromatic heterocycles. The Hall–Kier alpha value is -0.520. The van der Waals surface area contributed by atoms with E-state index in [2.05, 4.69) is 10.6 Å². The van der Waals surface area contributed by atoms with Crippen LogP contribution in [-0.2, 0) is 4.74 Å². The lowest BCUT2D eigenvalue weighted by molar-refractivity contribution is 0.0919. The minimum Gasteiger partial charge on any atom is -0.491 e. The molecule has 1 atom stereocenters. The fourth-order valence-corrected chi connectivity index (χ4v) is 1.98. The maximum absolute atomic E-state index is 5.57. The van der Waals surface area contributed by atoms with Crippen LogP contribution in [0.15, 0.2) is 30.3 Å². The number of rotatable bonds is 7. The van der Waals surface area contributed by atoms with Crippen LogP contribution >= 0.6 is 24.8 Å². The van der Waals surface area contributed by atoms with Gasteiger partial charge in [0.15, 0.2) is 0 Å². The van der Waals surface area contributed by atoms with Crippen molar-refractivity contribution in [3.63, 3.8) is 0 Å². The first-order chi connectivity index (χ1) is 8.95. The lowest BCUT2D eigenvalue weighted by Gasteiger charge is -2.24. The molecule has 1 heterocycles. The zero-order chi connectivity index (χ0) is 12.5. The zero-order valence-electron chi connectivity index (χ0n) is 11.5. The largest absolute Gasteiger partial charge is 0.491 e. The molecule has 2 N–H and O–H groups in total. The van der Waals surface area contributed by atoms with Crippen LogP contribution in [0, 0.1) is 0 Å². The predicted molar refractivity (Wildman–Crippen MR) is 86.5 cm³/mol. The standard InChI is InChI=1S/C14H22N2O2.2ClH/c1-2-4-14(5-3-1)18-11-10-17-9-6-13-12-15-7-8-16-13;;/h1-5,13,15-16H,6-12H2;2*1H. The molecule has 4 nitrogen and oxygen atoms in total. The Labute approximate surface area is 133 Å². The number of halogens is 2. The number of benzene rings is 1. The first-order valence-electron chi connectivity index (χ1n) is 6.65. The summed E-state index contributed by atoms with van der Waals surface area (Å²) in [5, 5.41) is 6.83. The van der Waals surface area contributed by atoms with Gasteiger partial charge in [0.25, 0.3) is 0 Å². The van der Waals surface area contributed by atoms with Gasteiger partial charge in [-0.1, -0.05) is 18.2 Å². The second kappa shape index (κ2) is 12.2. The fraction of sp³-hybridized carbons (Fsp3) is 0.571. The van der Waals surface area contributed by atoms with Crippen molar-refractivity contribution in [2.75, 3.05) is 39.5 Å². The molecule has 1 aliphatic heterocycles. The molecule has 1 aromatic carbocycles. The Morgan fingerprint density at radius 3 is 2.50 bits per heavy atom. The number of ether oxygens (including phenoxy) is 2. The average Bonchev–Trinajstić information content (AvgIpc) is 2.45. The van der Waals surface area contributed by atoms with Gasteiger partial charge in [0.05, 0.1) is 6.61 Å². The highest BCUT2D eigenvalue weighted by molar-refractivity contribution is 5.85. The van der Waals surface area contributed by atoms with E-state index in [0.29, 0.717) is 19.3 Å². The van der Waals surface area contributed by atoms with Crippen molar-refractivity contribution in [3.8, 4) is 5.75 Å². The summed E-state index contributed by atoms with van der Waals surface area (Å²) in [4.78, 5) is 0. The number of nitrogens with one attached hydrogen (secondary N) is 2. The van der Waals surface area contributed by atoms with E-state index in [1.165, 1.54) is 0 Å². The minimum atomic E-state index is 0. The Kier molecular flexibility index (Phi) is 11.9. The van der Waals surface area contributed by atoms with Gasteiger partial charge in [-0.25, -0.2) is 0 Å². The first-order valence-corrected chi connectivity index (χ1v) is 6.65. The van der Waals surface area contributed by atoms with Gasteiger partial charge in [0, 0.05) is 32.3 Å². The third-order valence-electron chi connectivity index (χ3n) is 2.98. The fourth-order valence-electron chi connectivity index (χ4n) is 1.98.